The van der Waals surface area contributed by atoms with E-state index in [0.717, 1.165) is 26.3 Å². The Hall–Kier alpha value is -2.01. The number of nitrogens with zero attached hydrogens (tertiary/aromatic N) is 3. The molecule has 0 bridgehead atoms. The summed E-state index contributed by atoms with van der Waals surface area (Å²) in [7, 11) is 0. The highest BCUT2D eigenvalue weighted by molar-refractivity contribution is 7.15. The van der Waals surface area contributed by atoms with Gasteiger partial charge in [0, 0.05) is 23.7 Å². The number of pyridine rings is 1. The van der Waals surface area contributed by atoms with Crippen LogP contribution in [0.25, 0.3) is 10.6 Å². The maximum atomic E-state index is 12.6. The van der Waals surface area contributed by atoms with Crippen molar-refractivity contribution in [1.29, 1.82) is 0 Å². The highest BCUT2D eigenvalue weighted by Gasteiger charge is 2.55. The van der Waals surface area contributed by atoms with Gasteiger partial charge in [0.05, 0.1) is 26.3 Å². The summed E-state index contributed by atoms with van der Waals surface area (Å²) >= 11 is 3.02. The van der Waals surface area contributed by atoms with Gasteiger partial charge in [-0.05, 0) is 38.3 Å². The van der Waals surface area contributed by atoms with Crippen LogP contribution in [0.15, 0.2) is 23.7 Å². The first-order chi connectivity index (χ1) is 13.9. The highest BCUT2D eigenvalue weighted by atomic mass is 32.1. The zero-order valence-electron chi connectivity index (χ0n) is 15.9. The fraction of sp³-hybridized carbons (Fsp3) is 0.421. The van der Waals surface area contributed by atoms with Crippen molar-refractivity contribution in [2.24, 2.45) is 5.92 Å². The summed E-state index contributed by atoms with van der Waals surface area (Å²) in [6.07, 6.45) is -10.3. The third kappa shape index (κ3) is 5.57. The first kappa shape index (κ1) is 22.7. The van der Waals surface area contributed by atoms with E-state index in [1.807, 2.05) is 19.2 Å². The van der Waals surface area contributed by atoms with E-state index < -0.39 is 24.7 Å². The van der Waals surface area contributed by atoms with Crippen LogP contribution in [0.5, 0.6) is 0 Å². The van der Waals surface area contributed by atoms with Crippen molar-refractivity contribution in [3.8, 4) is 10.6 Å². The van der Waals surface area contributed by atoms with Crippen LogP contribution in [0.3, 0.4) is 0 Å². The van der Waals surface area contributed by atoms with Gasteiger partial charge in [0.1, 0.15) is 0 Å². The molecule has 0 saturated carbocycles. The number of hydrogen-bond donors (Lipinski definition) is 0. The van der Waals surface area contributed by atoms with Gasteiger partial charge in [0.25, 0.3) is 0 Å². The molecule has 0 radical (unpaired) electrons. The molecular weight excluding hydrogens is 448 g/mol. The van der Waals surface area contributed by atoms with Crippen molar-refractivity contribution in [2.75, 3.05) is 0 Å². The van der Waals surface area contributed by atoms with Gasteiger partial charge >= 0.3 is 12.4 Å². The van der Waals surface area contributed by atoms with E-state index in [-0.39, 0.29) is 6.42 Å². The van der Waals surface area contributed by atoms with Crippen LogP contribution in [0.2, 0.25) is 0 Å². The Morgan fingerprint density at radius 3 is 2.23 bits per heavy atom. The van der Waals surface area contributed by atoms with Crippen molar-refractivity contribution < 1.29 is 26.3 Å². The van der Waals surface area contributed by atoms with Crippen molar-refractivity contribution >= 4 is 22.7 Å². The fourth-order valence-electron chi connectivity index (χ4n) is 2.95. The summed E-state index contributed by atoms with van der Waals surface area (Å²) in [6, 6.07) is 3.12. The zero-order chi connectivity index (χ0) is 22.1. The van der Waals surface area contributed by atoms with E-state index in [9.17, 15) is 26.3 Å². The van der Waals surface area contributed by atoms with Gasteiger partial charge in [-0.15, -0.1) is 22.7 Å². The smallest absolute Gasteiger partial charge is 0.261 e. The molecule has 30 heavy (non-hydrogen) atoms. The largest absolute Gasteiger partial charge is 0.400 e. The van der Waals surface area contributed by atoms with Gasteiger partial charge in [-0.3, -0.25) is 4.98 Å². The second-order valence-electron chi connectivity index (χ2n) is 6.78. The number of alkyl halides is 6. The lowest BCUT2D eigenvalue weighted by atomic mass is 9.99. The van der Waals surface area contributed by atoms with Crippen molar-refractivity contribution in [2.45, 2.75) is 45.5 Å². The number of rotatable bonds is 6. The van der Waals surface area contributed by atoms with E-state index in [0.29, 0.717) is 17.7 Å². The molecule has 0 aliphatic carbocycles. The second-order valence-corrected chi connectivity index (χ2v) is 8.93. The van der Waals surface area contributed by atoms with Crippen LogP contribution in [0.4, 0.5) is 26.3 Å². The van der Waals surface area contributed by atoms with E-state index in [1.54, 1.807) is 17.4 Å². The standard InChI is InChI=1S/C19H17F6N3S2/c1-10-17(30-11(2)27-10)14-9-29-16(28-14)7-13-5-3-12(8-26-13)4-6-15(18(20,21)22)19(23,24)25/h3,5,8-9,15H,4,6-7H2,1-2H3. The Bertz CT molecular complexity index is 975. The van der Waals surface area contributed by atoms with Crippen molar-refractivity contribution in [3.05, 3.63) is 50.7 Å². The summed E-state index contributed by atoms with van der Waals surface area (Å²) in [5, 5.41) is 3.69. The molecule has 162 valence electrons. The molecule has 0 aliphatic rings. The average Bonchev–Trinajstić information content (AvgIpc) is 3.20. The van der Waals surface area contributed by atoms with Crippen LogP contribution in [-0.2, 0) is 12.8 Å². The molecule has 3 rings (SSSR count). The maximum Gasteiger partial charge on any atom is 0.400 e. The van der Waals surface area contributed by atoms with E-state index >= 15 is 0 Å². The van der Waals surface area contributed by atoms with Crippen LogP contribution >= 0.6 is 22.7 Å². The summed E-state index contributed by atoms with van der Waals surface area (Å²) in [6.45, 7) is 3.84. The molecule has 0 aliphatic heterocycles. The monoisotopic (exact) mass is 465 g/mol. The lowest BCUT2D eigenvalue weighted by Gasteiger charge is -2.22. The molecule has 3 aromatic rings. The van der Waals surface area contributed by atoms with Gasteiger partial charge in [0.2, 0.25) is 0 Å². The van der Waals surface area contributed by atoms with E-state index in [4.69, 9.17) is 0 Å². The molecule has 3 aromatic heterocycles. The number of hydrogen-bond acceptors (Lipinski definition) is 5. The molecule has 3 heterocycles. The first-order valence-electron chi connectivity index (χ1n) is 8.89. The van der Waals surface area contributed by atoms with Crippen LogP contribution in [-0.4, -0.2) is 27.3 Å². The summed E-state index contributed by atoms with van der Waals surface area (Å²) in [5.41, 5.74) is 2.71. The third-order valence-corrected chi connectivity index (χ3v) is 6.36. The lowest BCUT2D eigenvalue weighted by molar-refractivity contribution is -0.285. The molecule has 0 fully saturated rings. The Labute approximate surface area is 176 Å². The minimum atomic E-state index is -5.32. The molecule has 3 nitrogen and oxygen atoms in total. The Balaban J connectivity index is 1.63. The fourth-order valence-corrected chi connectivity index (χ4v) is 4.71. The topological polar surface area (TPSA) is 38.7 Å². The molecule has 0 amide bonds. The molecule has 0 unspecified atom stereocenters. The van der Waals surface area contributed by atoms with Crippen LogP contribution in [0, 0.1) is 19.8 Å². The number of aryl methyl sites for hydroxylation is 3. The van der Waals surface area contributed by atoms with Crippen molar-refractivity contribution in [1.82, 2.24) is 15.0 Å². The van der Waals surface area contributed by atoms with Crippen molar-refractivity contribution in [3.63, 3.8) is 0 Å². The predicted octanol–water partition coefficient (Wildman–Crippen LogP) is 6.54. The molecule has 0 saturated heterocycles. The lowest BCUT2D eigenvalue weighted by Crippen LogP contribution is -2.36. The number of aromatic nitrogens is 3. The molecule has 0 aromatic carbocycles. The Morgan fingerprint density at radius 1 is 1.00 bits per heavy atom. The second kappa shape index (κ2) is 8.62. The first-order valence-corrected chi connectivity index (χ1v) is 10.6. The number of thiazole rings is 2. The molecule has 0 spiro atoms. The predicted molar refractivity (Wildman–Crippen MR) is 104 cm³/mol. The zero-order valence-corrected chi connectivity index (χ0v) is 17.6. The van der Waals surface area contributed by atoms with Gasteiger partial charge in [-0.25, -0.2) is 9.97 Å². The number of halogens is 6. The van der Waals surface area contributed by atoms with Crippen LogP contribution in [0.1, 0.15) is 33.4 Å². The Morgan fingerprint density at radius 2 is 1.70 bits per heavy atom. The van der Waals surface area contributed by atoms with Gasteiger partial charge in [-0.2, -0.15) is 26.3 Å². The van der Waals surface area contributed by atoms with Gasteiger partial charge in [-0.1, -0.05) is 6.07 Å². The average molecular weight is 465 g/mol. The molecule has 11 heteroatoms. The minimum absolute atomic E-state index is 0.327. The SMILES string of the molecule is Cc1nc(C)c(-c2csc(Cc3ccc(CCC(C(F)(F)F)C(F)(F)F)cn3)n2)s1. The highest BCUT2D eigenvalue weighted by Crippen LogP contribution is 2.41. The summed E-state index contributed by atoms with van der Waals surface area (Å²) < 4.78 is 75.8. The molecular formula is C19H17F6N3S2. The van der Waals surface area contributed by atoms with Crippen LogP contribution < -0.4 is 0 Å². The normalized spacial score (nSPS) is 12.7. The van der Waals surface area contributed by atoms with Gasteiger partial charge < -0.3 is 0 Å². The summed E-state index contributed by atoms with van der Waals surface area (Å²) in [4.78, 5) is 14.1. The molecule has 0 atom stereocenters. The summed E-state index contributed by atoms with van der Waals surface area (Å²) in [5.74, 6) is -3.34. The Kier molecular flexibility index (Phi) is 6.51. The molecule has 0 N–H and O–H groups in total. The quantitative estimate of drug-likeness (QED) is 0.388. The van der Waals surface area contributed by atoms with E-state index in [1.165, 1.54) is 23.6 Å². The maximum absolute atomic E-state index is 12.6. The third-order valence-electron chi connectivity index (χ3n) is 4.42. The minimum Gasteiger partial charge on any atom is -0.261 e. The van der Waals surface area contributed by atoms with Gasteiger partial charge in [0.15, 0.2) is 5.92 Å². The van der Waals surface area contributed by atoms with E-state index in [2.05, 4.69) is 15.0 Å².